The van der Waals surface area contributed by atoms with Crippen molar-refractivity contribution in [1.82, 2.24) is 24.6 Å². The van der Waals surface area contributed by atoms with Gasteiger partial charge in [-0.1, -0.05) is 0 Å². The Bertz CT molecular complexity index is 570. The molecule has 0 aliphatic carbocycles. The second kappa shape index (κ2) is 5.94. The van der Waals surface area contributed by atoms with Crippen LogP contribution in [0.1, 0.15) is 46.1 Å². The zero-order valence-corrected chi connectivity index (χ0v) is 14.1. The molecule has 3 heterocycles. The van der Waals surface area contributed by atoms with Gasteiger partial charge in [0.1, 0.15) is 12.7 Å². The van der Waals surface area contributed by atoms with Crippen LogP contribution < -0.4 is 0 Å². The van der Waals surface area contributed by atoms with Gasteiger partial charge in [0, 0.05) is 37.6 Å². The molecular weight excluding hydrogens is 294 g/mol. The molecule has 126 valence electrons. The van der Waals surface area contributed by atoms with Gasteiger partial charge < -0.3 is 14.4 Å². The number of nitrogens with zero attached hydrogens (tertiary/aromatic N) is 5. The third kappa shape index (κ3) is 3.23. The highest BCUT2D eigenvalue weighted by Crippen LogP contribution is 2.29. The number of aromatic nitrogens is 3. The largest absolute Gasteiger partial charge is 0.342 e. The lowest BCUT2D eigenvalue weighted by atomic mass is 10.0. The van der Waals surface area contributed by atoms with E-state index in [1.807, 2.05) is 35.1 Å². The van der Waals surface area contributed by atoms with Crippen LogP contribution in [0, 0.1) is 5.92 Å². The van der Waals surface area contributed by atoms with Gasteiger partial charge in [-0.05, 0) is 33.6 Å². The molecule has 0 aromatic carbocycles. The molecule has 2 aliphatic rings. The van der Waals surface area contributed by atoms with E-state index in [9.17, 15) is 9.59 Å². The minimum atomic E-state index is -0.215. The molecule has 0 spiro atoms. The third-order valence-electron chi connectivity index (χ3n) is 4.92. The molecule has 1 aromatic heterocycles. The number of hydrogen-bond acceptors (Lipinski definition) is 4. The van der Waals surface area contributed by atoms with Crippen LogP contribution in [0.3, 0.4) is 0 Å². The van der Waals surface area contributed by atoms with E-state index in [1.54, 1.807) is 12.7 Å². The minimum Gasteiger partial charge on any atom is -0.342 e. The van der Waals surface area contributed by atoms with E-state index < -0.39 is 0 Å². The molecule has 1 unspecified atom stereocenters. The first-order valence-electron chi connectivity index (χ1n) is 8.29. The molecule has 2 amide bonds. The van der Waals surface area contributed by atoms with Crippen LogP contribution in [-0.2, 0) is 9.59 Å². The molecular formula is C16H25N5O2. The maximum atomic E-state index is 12.7. The van der Waals surface area contributed by atoms with Crippen LogP contribution >= 0.6 is 0 Å². The smallest absolute Gasteiger partial charge is 0.227 e. The third-order valence-corrected chi connectivity index (χ3v) is 4.92. The van der Waals surface area contributed by atoms with E-state index in [1.165, 1.54) is 0 Å². The van der Waals surface area contributed by atoms with Crippen molar-refractivity contribution in [3.63, 3.8) is 0 Å². The van der Waals surface area contributed by atoms with E-state index in [-0.39, 0.29) is 23.3 Å². The molecule has 3 rings (SSSR count). The highest BCUT2D eigenvalue weighted by Gasteiger charge is 2.41. The molecule has 23 heavy (non-hydrogen) atoms. The first-order chi connectivity index (χ1) is 10.9. The number of piperidine rings is 1. The van der Waals surface area contributed by atoms with Crippen LogP contribution in [0.5, 0.6) is 0 Å². The maximum absolute atomic E-state index is 12.7. The predicted molar refractivity (Wildman–Crippen MR) is 84.4 cm³/mol. The highest BCUT2D eigenvalue weighted by atomic mass is 16.2. The van der Waals surface area contributed by atoms with E-state index in [2.05, 4.69) is 10.2 Å². The van der Waals surface area contributed by atoms with Crippen molar-refractivity contribution in [2.24, 2.45) is 5.92 Å². The summed E-state index contributed by atoms with van der Waals surface area (Å²) in [5, 5.41) is 7.69. The highest BCUT2D eigenvalue weighted by molar-refractivity contribution is 5.89. The Hall–Kier alpha value is -1.92. The molecule has 1 aromatic rings. The zero-order valence-electron chi connectivity index (χ0n) is 14.1. The van der Waals surface area contributed by atoms with Crippen LogP contribution in [0.25, 0.3) is 0 Å². The summed E-state index contributed by atoms with van der Waals surface area (Å²) in [5.41, 5.74) is -0.215. The quantitative estimate of drug-likeness (QED) is 0.818. The summed E-state index contributed by atoms with van der Waals surface area (Å²) in [7, 11) is 0. The number of rotatable bonds is 2. The number of carbonyl (C=O) groups is 2. The van der Waals surface area contributed by atoms with E-state index in [4.69, 9.17) is 0 Å². The topological polar surface area (TPSA) is 71.3 Å². The summed E-state index contributed by atoms with van der Waals surface area (Å²) in [6, 6.07) is 0.366. The van der Waals surface area contributed by atoms with Crippen molar-refractivity contribution in [2.45, 2.75) is 51.6 Å². The average molecular weight is 319 g/mol. The molecule has 0 N–H and O–H groups in total. The van der Waals surface area contributed by atoms with Crippen molar-refractivity contribution in [3.05, 3.63) is 12.7 Å². The van der Waals surface area contributed by atoms with Crippen LogP contribution in [0.4, 0.5) is 0 Å². The van der Waals surface area contributed by atoms with Gasteiger partial charge in [-0.15, -0.1) is 10.2 Å². The molecule has 7 nitrogen and oxygen atoms in total. The second-order valence-corrected chi connectivity index (χ2v) is 7.54. The summed E-state index contributed by atoms with van der Waals surface area (Å²) in [6.07, 6.45) is 5.64. The lowest BCUT2D eigenvalue weighted by molar-refractivity contribution is -0.137. The van der Waals surface area contributed by atoms with Gasteiger partial charge in [-0.3, -0.25) is 9.59 Å². The number of likely N-dealkylation sites (tertiary alicyclic amines) is 2. The molecule has 0 bridgehead atoms. The van der Waals surface area contributed by atoms with Crippen LogP contribution in [-0.4, -0.2) is 61.6 Å². The lowest BCUT2D eigenvalue weighted by Crippen LogP contribution is -2.45. The van der Waals surface area contributed by atoms with Gasteiger partial charge in [0.15, 0.2) is 0 Å². The van der Waals surface area contributed by atoms with E-state index in [0.717, 1.165) is 25.9 Å². The van der Waals surface area contributed by atoms with Crippen molar-refractivity contribution < 1.29 is 9.59 Å². The summed E-state index contributed by atoms with van der Waals surface area (Å²) < 4.78 is 2.02. The Morgan fingerprint density at radius 2 is 1.78 bits per heavy atom. The number of carbonyl (C=O) groups excluding carboxylic acids is 2. The van der Waals surface area contributed by atoms with Gasteiger partial charge in [0.25, 0.3) is 0 Å². The molecule has 2 aliphatic heterocycles. The molecule has 0 radical (unpaired) electrons. The molecule has 2 fully saturated rings. The Morgan fingerprint density at radius 3 is 2.30 bits per heavy atom. The van der Waals surface area contributed by atoms with Crippen molar-refractivity contribution in [1.29, 1.82) is 0 Å². The molecule has 7 heteroatoms. The fourth-order valence-electron chi connectivity index (χ4n) is 3.56. The van der Waals surface area contributed by atoms with Gasteiger partial charge in [-0.25, -0.2) is 0 Å². The second-order valence-electron chi connectivity index (χ2n) is 7.54. The first kappa shape index (κ1) is 16.0. The normalized spacial score (nSPS) is 23.6. The summed E-state index contributed by atoms with van der Waals surface area (Å²) in [5.74, 6) is 0.0377. The number of hydrogen-bond donors (Lipinski definition) is 0. The van der Waals surface area contributed by atoms with E-state index in [0.29, 0.717) is 19.0 Å². The monoisotopic (exact) mass is 319 g/mol. The maximum Gasteiger partial charge on any atom is 0.227 e. The lowest BCUT2D eigenvalue weighted by Gasteiger charge is -2.35. The Labute approximate surface area is 136 Å². The predicted octanol–water partition coefficient (Wildman–Crippen LogP) is 1.09. The average Bonchev–Trinajstić information content (AvgIpc) is 3.15. The van der Waals surface area contributed by atoms with Crippen molar-refractivity contribution >= 4 is 11.8 Å². The Morgan fingerprint density at radius 1 is 1.17 bits per heavy atom. The Kier molecular flexibility index (Phi) is 4.12. The minimum absolute atomic E-state index is 0.0928. The molecule has 2 saturated heterocycles. The standard InChI is InChI=1S/C16H25N5O2/c1-16(2,3)21-9-12(8-14(21)22)15(23)19-6-4-13(5-7-19)20-10-17-18-11-20/h10-13H,4-9H2,1-3H3. The molecule has 0 saturated carbocycles. The summed E-state index contributed by atoms with van der Waals surface area (Å²) in [4.78, 5) is 28.6. The fraction of sp³-hybridized carbons (Fsp3) is 0.750. The Balaban J connectivity index is 1.57. The molecule has 1 atom stereocenters. The van der Waals surface area contributed by atoms with Gasteiger partial charge in [0.2, 0.25) is 11.8 Å². The fourth-order valence-corrected chi connectivity index (χ4v) is 3.56. The summed E-state index contributed by atoms with van der Waals surface area (Å²) in [6.45, 7) is 8.07. The summed E-state index contributed by atoms with van der Waals surface area (Å²) >= 11 is 0. The zero-order chi connectivity index (χ0) is 16.6. The van der Waals surface area contributed by atoms with Crippen LogP contribution in [0.15, 0.2) is 12.7 Å². The van der Waals surface area contributed by atoms with E-state index >= 15 is 0 Å². The van der Waals surface area contributed by atoms with Gasteiger partial charge >= 0.3 is 0 Å². The van der Waals surface area contributed by atoms with Crippen molar-refractivity contribution in [3.8, 4) is 0 Å². The first-order valence-corrected chi connectivity index (χ1v) is 8.29. The SMILES string of the molecule is CC(C)(C)N1CC(C(=O)N2CCC(n3cnnc3)CC2)CC1=O. The van der Waals surface area contributed by atoms with Crippen LogP contribution in [0.2, 0.25) is 0 Å². The number of amides is 2. The van der Waals surface area contributed by atoms with Gasteiger partial charge in [0.05, 0.1) is 5.92 Å². The van der Waals surface area contributed by atoms with Crippen molar-refractivity contribution in [2.75, 3.05) is 19.6 Å². The van der Waals surface area contributed by atoms with Gasteiger partial charge in [-0.2, -0.15) is 0 Å².